The van der Waals surface area contributed by atoms with Crippen LogP contribution in [0.2, 0.25) is 5.02 Å². The first-order valence-electron chi connectivity index (χ1n) is 9.29. The van der Waals surface area contributed by atoms with Gasteiger partial charge in [-0.25, -0.2) is 4.68 Å². The lowest BCUT2D eigenvalue weighted by molar-refractivity contribution is -0.128. The van der Waals surface area contributed by atoms with Gasteiger partial charge in [-0.15, -0.1) is 10.2 Å². The fourth-order valence-electron chi connectivity index (χ4n) is 3.24. The zero-order valence-corrected chi connectivity index (χ0v) is 17.3. The van der Waals surface area contributed by atoms with E-state index < -0.39 is 0 Å². The average Bonchev–Trinajstić information content (AvgIpc) is 3.13. The van der Waals surface area contributed by atoms with Gasteiger partial charge in [-0.2, -0.15) is 0 Å². The number of anilines is 1. The van der Waals surface area contributed by atoms with Crippen molar-refractivity contribution < 1.29 is 4.79 Å². The summed E-state index contributed by atoms with van der Waals surface area (Å²) in [6.45, 7) is 3.07. The molecule has 1 aliphatic heterocycles. The second-order valence-corrected chi connectivity index (χ2v) is 8.05. The number of amides is 1. The predicted octanol–water partition coefficient (Wildman–Crippen LogP) is 2.75. The molecule has 1 saturated heterocycles. The number of carbonyl (C=O) groups excluding carboxylic acids is 1. The number of halogens is 1. The molecule has 7 nitrogen and oxygen atoms in total. The van der Waals surface area contributed by atoms with Crippen LogP contribution in [-0.4, -0.2) is 57.6 Å². The number of nitrogens with two attached hydrogens (primary N) is 1. The number of piperazine rings is 1. The van der Waals surface area contributed by atoms with Gasteiger partial charge in [0.05, 0.1) is 5.75 Å². The molecule has 150 valence electrons. The summed E-state index contributed by atoms with van der Waals surface area (Å²) in [5.41, 5.74) is 2.01. The van der Waals surface area contributed by atoms with Crippen molar-refractivity contribution in [3.05, 3.63) is 59.6 Å². The van der Waals surface area contributed by atoms with E-state index in [2.05, 4.69) is 27.2 Å². The Morgan fingerprint density at radius 3 is 2.38 bits per heavy atom. The lowest BCUT2D eigenvalue weighted by Crippen LogP contribution is -2.49. The van der Waals surface area contributed by atoms with Crippen LogP contribution in [0.25, 0.3) is 11.4 Å². The third-order valence-corrected chi connectivity index (χ3v) is 6.03. The largest absolute Gasteiger partial charge is 0.368 e. The number of thioether (sulfide) groups is 1. The summed E-state index contributed by atoms with van der Waals surface area (Å²) in [6.07, 6.45) is 0. The lowest BCUT2D eigenvalue weighted by Gasteiger charge is -2.36. The highest BCUT2D eigenvalue weighted by molar-refractivity contribution is 7.99. The Labute approximate surface area is 178 Å². The van der Waals surface area contributed by atoms with E-state index >= 15 is 0 Å². The van der Waals surface area contributed by atoms with E-state index in [1.54, 1.807) is 12.1 Å². The Morgan fingerprint density at radius 1 is 1.00 bits per heavy atom. The van der Waals surface area contributed by atoms with Gasteiger partial charge in [0.25, 0.3) is 0 Å². The molecule has 0 bridgehead atoms. The molecular weight excluding hydrogens is 408 g/mol. The van der Waals surface area contributed by atoms with Gasteiger partial charge in [-0.3, -0.25) is 4.79 Å². The molecule has 2 heterocycles. The molecule has 4 rings (SSSR count). The number of benzene rings is 2. The Morgan fingerprint density at radius 2 is 1.69 bits per heavy atom. The smallest absolute Gasteiger partial charge is 0.233 e. The molecule has 29 heavy (non-hydrogen) atoms. The third-order valence-electron chi connectivity index (χ3n) is 4.85. The summed E-state index contributed by atoms with van der Waals surface area (Å²) < 4.78 is 1.41. The lowest BCUT2D eigenvalue weighted by atomic mass is 10.2. The molecule has 2 aromatic carbocycles. The van der Waals surface area contributed by atoms with Crippen molar-refractivity contribution in [3.8, 4) is 11.4 Å². The van der Waals surface area contributed by atoms with Crippen molar-refractivity contribution in [3.63, 3.8) is 0 Å². The number of nitrogen functional groups attached to an aromatic ring is 1. The van der Waals surface area contributed by atoms with E-state index in [4.69, 9.17) is 17.4 Å². The molecule has 1 fully saturated rings. The fourth-order valence-corrected chi connectivity index (χ4v) is 4.13. The first kappa shape index (κ1) is 19.6. The highest BCUT2D eigenvalue weighted by atomic mass is 35.5. The van der Waals surface area contributed by atoms with E-state index in [1.807, 2.05) is 35.2 Å². The molecule has 3 aromatic rings. The molecule has 0 atom stereocenters. The van der Waals surface area contributed by atoms with Gasteiger partial charge in [-0.1, -0.05) is 41.6 Å². The van der Waals surface area contributed by atoms with Crippen molar-refractivity contribution in [2.75, 3.05) is 42.7 Å². The third kappa shape index (κ3) is 4.49. The van der Waals surface area contributed by atoms with Crippen LogP contribution in [0.3, 0.4) is 0 Å². The Balaban J connectivity index is 1.32. The first-order chi connectivity index (χ1) is 14.1. The van der Waals surface area contributed by atoms with Crippen molar-refractivity contribution in [2.24, 2.45) is 0 Å². The topological polar surface area (TPSA) is 80.3 Å². The summed E-state index contributed by atoms with van der Waals surface area (Å²) in [6, 6.07) is 17.5. The van der Waals surface area contributed by atoms with Gasteiger partial charge in [0.2, 0.25) is 11.1 Å². The van der Waals surface area contributed by atoms with Crippen molar-refractivity contribution >= 4 is 35.0 Å². The molecule has 0 aliphatic carbocycles. The van der Waals surface area contributed by atoms with E-state index in [9.17, 15) is 4.79 Å². The summed E-state index contributed by atoms with van der Waals surface area (Å²) in [5.74, 6) is 7.02. The number of para-hydroxylation sites is 1. The van der Waals surface area contributed by atoms with Crippen LogP contribution < -0.4 is 10.7 Å². The zero-order chi connectivity index (χ0) is 20.2. The second-order valence-electron chi connectivity index (χ2n) is 6.68. The summed E-state index contributed by atoms with van der Waals surface area (Å²) in [4.78, 5) is 16.8. The van der Waals surface area contributed by atoms with Crippen LogP contribution in [0, 0.1) is 0 Å². The van der Waals surface area contributed by atoms with Crippen LogP contribution in [-0.2, 0) is 4.79 Å². The molecule has 1 aliphatic rings. The second kappa shape index (κ2) is 8.75. The minimum atomic E-state index is 0.0822. The van der Waals surface area contributed by atoms with Gasteiger partial charge in [0.1, 0.15) is 0 Å². The number of hydrogen-bond donors (Lipinski definition) is 1. The summed E-state index contributed by atoms with van der Waals surface area (Å²) in [5, 5.41) is 9.41. The molecule has 1 aromatic heterocycles. The fraction of sp³-hybridized carbons (Fsp3) is 0.250. The predicted molar refractivity (Wildman–Crippen MR) is 117 cm³/mol. The van der Waals surface area contributed by atoms with Gasteiger partial charge in [0, 0.05) is 42.5 Å². The number of carbonyl (C=O) groups is 1. The van der Waals surface area contributed by atoms with E-state index in [0.717, 1.165) is 18.7 Å². The molecule has 0 spiro atoms. The van der Waals surface area contributed by atoms with Crippen LogP contribution in [0.4, 0.5) is 5.69 Å². The van der Waals surface area contributed by atoms with Crippen LogP contribution >= 0.6 is 23.4 Å². The molecule has 0 unspecified atom stereocenters. The normalized spacial score (nSPS) is 14.2. The molecule has 0 radical (unpaired) electrons. The zero-order valence-electron chi connectivity index (χ0n) is 15.7. The van der Waals surface area contributed by atoms with E-state index in [0.29, 0.717) is 29.1 Å². The van der Waals surface area contributed by atoms with Crippen LogP contribution in [0.1, 0.15) is 0 Å². The maximum atomic E-state index is 12.6. The average molecular weight is 429 g/mol. The number of rotatable bonds is 5. The summed E-state index contributed by atoms with van der Waals surface area (Å²) in [7, 11) is 0. The van der Waals surface area contributed by atoms with E-state index in [-0.39, 0.29) is 11.7 Å². The molecular formula is C20H21ClN6OS. The summed E-state index contributed by atoms with van der Waals surface area (Å²) >= 11 is 7.22. The number of aromatic nitrogens is 3. The van der Waals surface area contributed by atoms with E-state index in [1.165, 1.54) is 22.1 Å². The number of hydrogen-bond acceptors (Lipinski definition) is 6. The van der Waals surface area contributed by atoms with Crippen molar-refractivity contribution in [1.29, 1.82) is 0 Å². The minimum Gasteiger partial charge on any atom is -0.368 e. The van der Waals surface area contributed by atoms with Crippen LogP contribution in [0.5, 0.6) is 0 Å². The van der Waals surface area contributed by atoms with Crippen LogP contribution in [0.15, 0.2) is 59.8 Å². The minimum absolute atomic E-state index is 0.0822. The van der Waals surface area contributed by atoms with Gasteiger partial charge >= 0.3 is 0 Å². The SMILES string of the molecule is Nn1c(SCC(=O)N2CCN(c3ccccc3)CC2)nnc1-c1ccc(Cl)cc1. The standard InChI is InChI=1S/C20H21ClN6OS/c21-16-8-6-15(7-9-16)19-23-24-20(27(19)22)29-14-18(28)26-12-10-25(11-13-26)17-4-2-1-3-5-17/h1-9H,10-14,22H2. The Kier molecular flexibility index (Phi) is 5.92. The molecule has 1 amide bonds. The quantitative estimate of drug-likeness (QED) is 0.497. The van der Waals surface area contributed by atoms with Crippen molar-refractivity contribution in [1.82, 2.24) is 19.8 Å². The van der Waals surface area contributed by atoms with Crippen molar-refractivity contribution in [2.45, 2.75) is 5.16 Å². The van der Waals surface area contributed by atoms with Gasteiger partial charge in [-0.05, 0) is 36.4 Å². The Hall–Kier alpha value is -2.71. The highest BCUT2D eigenvalue weighted by Crippen LogP contribution is 2.23. The Bertz CT molecular complexity index is 970. The molecule has 9 heteroatoms. The maximum absolute atomic E-state index is 12.6. The number of nitrogens with zero attached hydrogens (tertiary/aromatic N) is 5. The monoisotopic (exact) mass is 428 g/mol. The van der Waals surface area contributed by atoms with Gasteiger partial charge < -0.3 is 15.6 Å². The first-order valence-corrected chi connectivity index (χ1v) is 10.6. The molecule has 0 saturated carbocycles. The van der Waals surface area contributed by atoms with Gasteiger partial charge in [0.15, 0.2) is 5.82 Å². The molecule has 2 N–H and O–H groups in total. The highest BCUT2D eigenvalue weighted by Gasteiger charge is 2.22. The maximum Gasteiger partial charge on any atom is 0.233 e.